The molecule has 3 heteroatoms. The summed E-state index contributed by atoms with van der Waals surface area (Å²) in [5.74, 6) is 0. The molecule has 0 amide bonds. The molecule has 0 aliphatic heterocycles. The zero-order valence-corrected chi connectivity index (χ0v) is 12.8. The molecule has 102 valence electrons. The molecule has 0 fully saturated rings. The summed E-state index contributed by atoms with van der Waals surface area (Å²) in [7, 11) is 0. The fraction of sp³-hybridized carbons (Fsp3) is 0.438. The van der Waals surface area contributed by atoms with Gasteiger partial charge in [0.05, 0.1) is 5.51 Å². The first-order valence-corrected chi connectivity index (χ1v) is 7.76. The molecule has 1 heterocycles. The van der Waals surface area contributed by atoms with Crippen LogP contribution in [0, 0.1) is 13.8 Å². The van der Waals surface area contributed by atoms with Gasteiger partial charge in [0.25, 0.3) is 0 Å². The maximum absolute atomic E-state index is 4.18. The molecule has 0 bridgehead atoms. The molecule has 2 rings (SSSR count). The molecule has 2 nitrogen and oxygen atoms in total. The van der Waals surface area contributed by atoms with E-state index in [1.807, 2.05) is 11.7 Å². The minimum atomic E-state index is 0.388. The standard InChI is InChI=1S/C16H22N2S/c1-4-5-18-16(9-15-10-17-11-19-15)14-7-12(2)6-13(3)8-14/h6-8,10-11,16,18H,4-5,9H2,1-3H3. The quantitative estimate of drug-likeness (QED) is 0.860. The van der Waals surface area contributed by atoms with Crippen molar-refractivity contribution in [2.75, 3.05) is 6.54 Å². The van der Waals surface area contributed by atoms with Crippen LogP contribution < -0.4 is 5.32 Å². The molecule has 1 unspecified atom stereocenters. The van der Waals surface area contributed by atoms with E-state index in [0.29, 0.717) is 6.04 Å². The Morgan fingerprint density at radius 3 is 2.53 bits per heavy atom. The Kier molecular flexibility index (Phi) is 5.11. The van der Waals surface area contributed by atoms with Gasteiger partial charge in [-0.1, -0.05) is 36.2 Å². The lowest BCUT2D eigenvalue weighted by molar-refractivity contribution is 0.531. The average Bonchev–Trinajstić information content (AvgIpc) is 2.86. The minimum absolute atomic E-state index is 0.388. The number of nitrogens with one attached hydrogen (secondary N) is 1. The van der Waals surface area contributed by atoms with Gasteiger partial charge in [0, 0.05) is 23.5 Å². The van der Waals surface area contributed by atoms with Gasteiger partial charge >= 0.3 is 0 Å². The van der Waals surface area contributed by atoms with E-state index < -0.39 is 0 Å². The van der Waals surface area contributed by atoms with Crippen molar-refractivity contribution in [2.45, 2.75) is 39.7 Å². The molecular formula is C16H22N2S. The second kappa shape index (κ2) is 6.83. The van der Waals surface area contributed by atoms with E-state index in [1.54, 1.807) is 11.3 Å². The van der Waals surface area contributed by atoms with E-state index in [4.69, 9.17) is 0 Å². The summed E-state index contributed by atoms with van der Waals surface area (Å²) in [6, 6.07) is 7.20. The van der Waals surface area contributed by atoms with E-state index in [9.17, 15) is 0 Å². The van der Waals surface area contributed by atoms with Gasteiger partial charge in [0.15, 0.2) is 0 Å². The SMILES string of the molecule is CCCNC(Cc1cncs1)c1cc(C)cc(C)c1. The molecule has 0 radical (unpaired) electrons. The molecule has 0 spiro atoms. The lowest BCUT2D eigenvalue weighted by Crippen LogP contribution is -2.24. The van der Waals surface area contributed by atoms with Crippen LogP contribution in [-0.4, -0.2) is 11.5 Å². The van der Waals surface area contributed by atoms with Gasteiger partial charge < -0.3 is 5.32 Å². The first-order chi connectivity index (χ1) is 9.19. The third-order valence-corrected chi connectivity index (χ3v) is 3.98. The van der Waals surface area contributed by atoms with Crippen molar-refractivity contribution in [3.8, 4) is 0 Å². The Labute approximate surface area is 119 Å². The first kappa shape index (κ1) is 14.2. The minimum Gasteiger partial charge on any atom is -0.310 e. The zero-order valence-electron chi connectivity index (χ0n) is 11.9. The predicted octanol–water partition coefficient (Wildman–Crippen LogP) is 4.04. The smallest absolute Gasteiger partial charge is 0.0794 e. The summed E-state index contributed by atoms with van der Waals surface area (Å²) < 4.78 is 0. The highest BCUT2D eigenvalue weighted by molar-refractivity contribution is 7.09. The van der Waals surface area contributed by atoms with Crippen LogP contribution in [0.25, 0.3) is 0 Å². The molecule has 1 atom stereocenters. The zero-order chi connectivity index (χ0) is 13.7. The number of hydrogen-bond donors (Lipinski definition) is 1. The number of hydrogen-bond acceptors (Lipinski definition) is 3. The van der Waals surface area contributed by atoms with Crippen LogP contribution in [0.15, 0.2) is 29.9 Å². The topological polar surface area (TPSA) is 24.9 Å². The molecule has 0 aliphatic carbocycles. The largest absolute Gasteiger partial charge is 0.310 e. The van der Waals surface area contributed by atoms with Crippen molar-refractivity contribution in [2.24, 2.45) is 0 Å². The van der Waals surface area contributed by atoms with Crippen molar-refractivity contribution in [1.29, 1.82) is 0 Å². The van der Waals surface area contributed by atoms with Crippen LogP contribution in [0.3, 0.4) is 0 Å². The van der Waals surface area contributed by atoms with Crippen LogP contribution in [0.5, 0.6) is 0 Å². The van der Waals surface area contributed by atoms with Gasteiger partial charge in [-0.3, -0.25) is 4.98 Å². The van der Waals surface area contributed by atoms with Crippen LogP contribution in [0.1, 0.15) is 41.0 Å². The summed E-state index contributed by atoms with van der Waals surface area (Å²) in [6.07, 6.45) is 4.16. The summed E-state index contributed by atoms with van der Waals surface area (Å²) in [4.78, 5) is 5.52. The second-order valence-electron chi connectivity index (χ2n) is 5.10. The van der Waals surface area contributed by atoms with Gasteiger partial charge in [0.2, 0.25) is 0 Å². The van der Waals surface area contributed by atoms with E-state index in [0.717, 1.165) is 19.4 Å². The Bertz CT molecular complexity index is 485. The summed E-state index contributed by atoms with van der Waals surface area (Å²) in [5.41, 5.74) is 5.97. The summed E-state index contributed by atoms with van der Waals surface area (Å²) >= 11 is 1.74. The summed E-state index contributed by atoms with van der Waals surface area (Å²) in [6.45, 7) is 7.59. The highest BCUT2D eigenvalue weighted by Gasteiger charge is 2.13. The second-order valence-corrected chi connectivity index (χ2v) is 6.07. The number of aryl methyl sites for hydroxylation is 2. The first-order valence-electron chi connectivity index (χ1n) is 6.88. The van der Waals surface area contributed by atoms with Gasteiger partial charge in [-0.15, -0.1) is 11.3 Å². The molecule has 0 saturated heterocycles. The Hall–Kier alpha value is -1.19. The molecule has 1 aromatic carbocycles. The molecule has 2 aromatic rings. The van der Waals surface area contributed by atoms with Crippen LogP contribution in [-0.2, 0) is 6.42 Å². The third kappa shape index (κ3) is 4.15. The van der Waals surface area contributed by atoms with E-state index in [2.05, 4.69) is 49.3 Å². The van der Waals surface area contributed by atoms with Gasteiger partial charge in [-0.05, 0) is 32.4 Å². The molecule has 0 saturated carbocycles. The number of nitrogens with zero attached hydrogens (tertiary/aromatic N) is 1. The predicted molar refractivity (Wildman–Crippen MR) is 82.8 cm³/mol. The van der Waals surface area contributed by atoms with Crippen LogP contribution in [0.4, 0.5) is 0 Å². The van der Waals surface area contributed by atoms with Crippen molar-refractivity contribution in [3.63, 3.8) is 0 Å². The van der Waals surface area contributed by atoms with Crippen molar-refractivity contribution < 1.29 is 0 Å². The Morgan fingerprint density at radius 2 is 1.95 bits per heavy atom. The molecular weight excluding hydrogens is 252 g/mol. The van der Waals surface area contributed by atoms with Crippen molar-refractivity contribution >= 4 is 11.3 Å². The van der Waals surface area contributed by atoms with Crippen LogP contribution in [0.2, 0.25) is 0 Å². The monoisotopic (exact) mass is 274 g/mol. The van der Waals surface area contributed by atoms with Gasteiger partial charge in [0.1, 0.15) is 0 Å². The lowest BCUT2D eigenvalue weighted by atomic mass is 9.98. The number of thiazole rings is 1. The van der Waals surface area contributed by atoms with E-state index in [1.165, 1.54) is 21.6 Å². The fourth-order valence-corrected chi connectivity index (χ4v) is 3.02. The highest BCUT2D eigenvalue weighted by Crippen LogP contribution is 2.22. The van der Waals surface area contributed by atoms with Crippen molar-refractivity contribution in [1.82, 2.24) is 10.3 Å². The van der Waals surface area contributed by atoms with Gasteiger partial charge in [-0.2, -0.15) is 0 Å². The normalized spacial score (nSPS) is 12.6. The van der Waals surface area contributed by atoms with E-state index in [-0.39, 0.29) is 0 Å². The van der Waals surface area contributed by atoms with Crippen LogP contribution >= 0.6 is 11.3 Å². The lowest BCUT2D eigenvalue weighted by Gasteiger charge is -2.19. The third-order valence-electron chi connectivity index (χ3n) is 3.18. The average molecular weight is 274 g/mol. The molecule has 19 heavy (non-hydrogen) atoms. The Morgan fingerprint density at radius 1 is 1.21 bits per heavy atom. The highest BCUT2D eigenvalue weighted by atomic mass is 32.1. The van der Waals surface area contributed by atoms with E-state index >= 15 is 0 Å². The summed E-state index contributed by atoms with van der Waals surface area (Å²) in [5, 5.41) is 3.66. The maximum Gasteiger partial charge on any atom is 0.0794 e. The molecule has 1 N–H and O–H groups in total. The Balaban J connectivity index is 2.20. The fourth-order valence-electron chi connectivity index (χ4n) is 2.38. The number of rotatable bonds is 6. The van der Waals surface area contributed by atoms with Gasteiger partial charge in [-0.25, -0.2) is 0 Å². The number of aromatic nitrogens is 1. The number of benzene rings is 1. The van der Waals surface area contributed by atoms with Crippen molar-refractivity contribution in [3.05, 3.63) is 51.5 Å². The maximum atomic E-state index is 4.18. The molecule has 1 aromatic heterocycles. The molecule has 0 aliphatic rings.